The fraction of sp³-hybridized carbons (Fsp3) is 0. The molecule has 11 heteroatoms. The molecular formula is C17H15N3Na2O5S. The fourth-order valence-electron chi connectivity index (χ4n) is 2.43. The number of aromatic carboxylic acids is 1. The van der Waals surface area contributed by atoms with Crippen LogP contribution in [0, 0.1) is 0 Å². The number of nitrogen functional groups attached to an aromatic ring is 1. The van der Waals surface area contributed by atoms with Crippen molar-refractivity contribution in [3.8, 4) is 0 Å². The Morgan fingerprint density at radius 3 is 2.04 bits per heavy atom. The van der Waals surface area contributed by atoms with Crippen molar-refractivity contribution in [2.24, 2.45) is 10.2 Å². The Hall–Kier alpha value is -1.30. The van der Waals surface area contributed by atoms with Crippen molar-refractivity contribution in [1.82, 2.24) is 0 Å². The maximum atomic E-state index is 11.7. The van der Waals surface area contributed by atoms with Gasteiger partial charge in [0.05, 0.1) is 16.9 Å². The Balaban J connectivity index is 0.00000196. The minimum atomic E-state index is -4.49. The average Bonchev–Trinajstić information content (AvgIpc) is 2.60. The van der Waals surface area contributed by atoms with Crippen LogP contribution < -0.4 is 5.73 Å². The maximum absolute atomic E-state index is 11.7. The molecule has 28 heavy (non-hydrogen) atoms. The zero-order valence-electron chi connectivity index (χ0n) is 13.2. The molecular weight excluding hydrogens is 404 g/mol. The minimum absolute atomic E-state index is 0. The number of benzene rings is 3. The first kappa shape index (κ1) is 24.7. The third kappa shape index (κ3) is 5.40. The second-order valence-electron chi connectivity index (χ2n) is 5.38. The third-order valence-electron chi connectivity index (χ3n) is 3.69. The summed E-state index contributed by atoms with van der Waals surface area (Å²) in [6.45, 7) is 0. The van der Waals surface area contributed by atoms with Gasteiger partial charge in [-0.15, -0.1) is 5.11 Å². The molecule has 0 aliphatic heterocycles. The summed E-state index contributed by atoms with van der Waals surface area (Å²) in [7, 11) is -4.49. The number of hydrogen-bond donors (Lipinski definition) is 3. The summed E-state index contributed by atoms with van der Waals surface area (Å²) in [4.78, 5) is 10.5. The van der Waals surface area contributed by atoms with Crippen LogP contribution in [0.5, 0.6) is 0 Å². The molecule has 3 aromatic carbocycles. The number of azo groups is 1. The van der Waals surface area contributed by atoms with Crippen LogP contribution in [-0.2, 0) is 10.1 Å². The van der Waals surface area contributed by atoms with E-state index in [0.717, 1.165) is 6.07 Å². The van der Waals surface area contributed by atoms with Gasteiger partial charge in [-0.1, -0.05) is 24.3 Å². The Morgan fingerprint density at radius 2 is 1.50 bits per heavy atom. The first-order valence-electron chi connectivity index (χ1n) is 7.31. The molecule has 0 atom stereocenters. The average molecular weight is 419 g/mol. The zero-order valence-corrected chi connectivity index (χ0v) is 14.0. The molecule has 3 aromatic rings. The number of carbonyl (C=O) groups is 1. The zero-order chi connectivity index (χ0) is 18.9. The van der Waals surface area contributed by atoms with Gasteiger partial charge in [-0.2, -0.15) is 13.5 Å². The van der Waals surface area contributed by atoms with E-state index in [1.165, 1.54) is 30.3 Å². The first-order chi connectivity index (χ1) is 12.3. The van der Waals surface area contributed by atoms with Crippen LogP contribution in [0.1, 0.15) is 10.4 Å². The Morgan fingerprint density at radius 1 is 0.929 bits per heavy atom. The van der Waals surface area contributed by atoms with E-state index in [1.54, 1.807) is 18.2 Å². The van der Waals surface area contributed by atoms with Crippen molar-refractivity contribution < 1.29 is 22.9 Å². The molecule has 0 aromatic heterocycles. The molecule has 4 N–H and O–H groups in total. The summed E-state index contributed by atoms with van der Waals surface area (Å²) in [6, 6.07) is 13.2. The van der Waals surface area contributed by atoms with Crippen LogP contribution in [0.25, 0.3) is 10.8 Å². The van der Waals surface area contributed by atoms with E-state index in [4.69, 9.17) is 10.8 Å². The van der Waals surface area contributed by atoms with Gasteiger partial charge in [0.2, 0.25) is 0 Å². The van der Waals surface area contributed by atoms with E-state index in [0.29, 0.717) is 11.1 Å². The quantitative estimate of drug-likeness (QED) is 0.257. The monoisotopic (exact) mass is 419 g/mol. The van der Waals surface area contributed by atoms with E-state index < -0.39 is 16.1 Å². The molecule has 0 aliphatic rings. The Kier molecular flexibility index (Phi) is 8.79. The number of rotatable bonds is 4. The van der Waals surface area contributed by atoms with E-state index in [1.807, 2.05) is 0 Å². The predicted molar refractivity (Wildman–Crippen MR) is 110 cm³/mol. The van der Waals surface area contributed by atoms with Gasteiger partial charge in [-0.25, -0.2) is 4.79 Å². The van der Waals surface area contributed by atoms with Gasteiger partial charge < -0.3 is 10.8 Å². The summed E-state index contributed by atoms with van der Waals surface area (Å²) in [6.07, 6.45) is 0. The van der Waals surface area contributed by atoms with Crippen LogP contribution in [0.15, 0.2) is 69.7 Å². The van der Waals surface area contributed by atoms with E-state index in [2.05, 4.69) is 10.2 Å². The molecule has 3 rings (SSSR count). The first-order valence-corrected chi connectivity index (χ1v) is 8.75. The summed E-state index contributed by atoms with van der Waals surface area (Å²) in [5.74, 6) is -1.06. The Bertz CT molecular complexity index is 1150. The van der Waals surface area contributed by atoms with Crippen molar-refractivity contribution in [2.75, 3.05) is 5.73 Å². The standard InChI is InChI=1S/C17H13N3O5S.2Na.2H/c18-16-13-4-2-1-3-12(13)15(26(23,24)25)9-14(16)20-19-11-7-5-10(6-8-11)17(21)22;;;;/h1-9H,18H2,(H,21,22)(H,23,24,25);;;;/b20-19+;;;;. The molecule has 136 valence electrons. The van der Waals surface area contributed by atoms with Gasteiger partial charge in [0, 0.05) is 10.8 Å². The molecule has 0 spiro atoms. The molecule has 8 nitrogen and oxygen atoms in total. The van der Waals surface area contributed by atoms with Gasteiger partial charge in [0.25, 0.3) is 10.1 Å². The molecule has 0 amide bonds. The van der Waals surface area contributed by atoms with Gasteiger partial charge in [0.1, 0.15) is 10.6 Å². The SMILES string of the molecule is Nc1c(/N=N/c2ccc(C(=O)O)cc2)cc(S(=O)(=O)O)c2ccccc12.[NaH].[NaH]. The van der Waals surface area contributed by atoms with Crippen molar-refractivity contribution in [1.29, 1.82) is 0 Å². The summed E-state index contributed by atoms with van der Waals surface area (Å²) < 4.78 is 32.8. The van der Waals surface area contributed by atoms with E-state index in [-0.39, 0.29) is 86.3 Å². The van der Waals surface area contributed by atoms with E-state index >= 15 is 0 Å². The number of nitrogens with two attached hydrogens (primary N) is 1. The van der Waals surface area contributed by atoms with Crippen LogP contribution in [0.3, 0.4) is 0 Å². The topological polar surface area (TPSA) is 142 Å². The number of hydrogen-bond acceptors (Lipinski definition) is 6. The van der Waals surface area contributed by atoms with Gasteiger partial charge in [-0.05, 0) is 30.3 Å². The van der Waals surface area contributed by atoms with Crippen LogP contribution in [0.4, 0.5) is 17.1 Å². The summed E-state index contributed by atoms with van der Waals surface area (Å²) in [5.41, 5.74) is 6.78. The van der Waals surface area contributed by atoms with Gasteiger partial charge in [-0.3, -0.25) is 4.55 Å². The molecule has 0 aliphatic carbocycles. The van der Waals surface area contributed by atoms with Crippen molar-refractivity contribution in [3.63, 3.8) is 0 Å². The number of carboxylic acids is 1. The predicted octanol–water partition coefficient (Wildman–Crippen LogP) is 2.49. The van der Waals surface area contributed by atoms with E-state index in [9.17, 15) is 17.8 Å². The fourth-order valence-corrected chi connectivity index (χ4v) is 3.15. The number of carboxylic acid groups (broad SMARTS) is 1. The molecule has 0 bridgehead atoms. The van der Waals surface area contributed by atoms with Gasteiger partial charge in [0.15, 0.2) is 0 Å². The third-order valence-corrected chi connectivity index (χ3v) is 4.59. The second kappa shape index (κ2) is 9.95. The molecule has 0 unspecified atom stereocenters. The van der Waals surface area contributed by atoms with Crippen LogP contribution >= 0.6 is 0 Å². The molecule has 0 heterocycles. The molecule has 0 saturated heterocycles. The van der Waals surface area contributed by atoms with Crippen molar-refractivity contribution >= 4 is 103 Å². The normalized spacial score (nSPS) is 11.0. The molecule has 0 radical (unpaired) electrons. The number of fused-ring (bicyclic) bond motifs is 1. The number of anilines is 1. The van der Waals surface area contributed by atoms with Crippen molar-refractivity contribution in [2.45, 2.75) is 4.90 Å². The Labute approximate surface area is 205 Å². The molecule has 0 fully saturated rings. The van der Waals surface area contributed by atoms with Gasteiger partial charge >= 0.3 is 65.1 Å². The number of nitrogens with zero attached hydrogens (tertiary/aromatic N) is 2. The summed E-state index contributed by atoms with van der Waals surface area (Å²) in [5, 5.41) is 17.5. The van der Waals surface area contributed by atoms with Crippen LogP contribution in [-0.4, -0.2) is 83.2 Å². The molecule has 0 saturated carbocycles. The second-order valence-corrected chi connectivity index (χ2v) is 6.77. The van der Waals surface area contributed by atoms with Crippen LogP contribution in [0.2, 0.25) is 0 Å². The van der Waals surface area contributed by atoms with Crippen molar-refractivity contribution in [3.05, 3.63) is 60.2 Å². The summed E-state index contributed by atoms with van der Waals surface area (Å²) >= 11 is 0.